The van der Waals surface area contributed by atoms with Gasteiger partial charge in [-0.2, -0.15) is 0 Å². The molecule has 1 saturated heterocycles. The average Bonchev–Trinajstić information content (AvgIpc) is 3.10. The maximum Gasteiger partial charge on any atom is 0.407 e. The number of carbonyl (C=O) groups is 2. The molecule has 0 aromatic heterocycles. The molecule has 29 heavy (non-hydrogen) atoms. The molecule has 9 nitrogen and oxygen atoms in total. The maximum atomic E-state index is 12.7. The monoisotopic (exact) mass is 412 g/mol. The molecule has 2 aliphatic heterocycles. The molecule has 0 aromatic carbocycles. The number of nitrogens with one attached hydrogen (secondary N) is 1. The predicted octanol–water partition coefficient (Wildman–Crippen LogP) is 3.29. The molecule has 1 fully saturated rings. The third-order valence-electron chi connectivity index (χ3n) is 4.80. The summed E-state index contributed by atoms with van der Waals surface area (Å²) in [6.45, 7) is 11.7. The van der Waals surface area contributed by atoms with Crippen molar-refractivity contribution < 1.29 is 24.0 Å². The molecule has 3 amide bonds. The first-order valence-corrected chi connectivity index (χ1v) is 10.7. The number of hydrogen-bond acceptors (Lipinski definition) is 6. The van der Waals surface area contributed by atoms with E-state index in [0.717, 1.165) is 25.0 Å². The van der Waals surface area contributed by atoms with Crippen molar-refractivity contribution in [2.45, 2.75) is 84.5 Å². The SMILES string of the molecule is CCCCON1CC[C@@H](C2=NOC(CCNC(=O)OC(C)(C)C)C2)N(CC)C1=O. The van der Waals surface area contributed by atoms with Crippen molar-refractivity contribution in [1.29, 1.82) is 0 Å². The van der Waals surface area contributed by atoms with Gasteiger partial charge in [0.15, 0.2) is 0 Å². The zero-order valence-corrected chi connectivity index (χ0v) is 18.4. The van der Waals surface area contributed by atoms with E-state index in [1.54, 1.807) is 4.90 Å². The minimum Gasteiger partial charge on any atom is -0.444 e. The van der Waals surface area contributed by atoms with Crippen LogP contribution in [0.2, 0.25) is 0 Å². The van der Waals surface area contributed by atoms with E-state index in [2.05, 4.69) is 17.4 Å². The van der Waals surface area contributed by atoms with Gasteiger partial charge in [-0.3, -0.25) is 4.84 Å². The fraction of sp³-hybridized carbons (Fsp3) is 0.850. The molecule has 1 N–H and O–H groups in total. The lowest BCUT2D eigenvalue weighted by atomic mass is 9.99. The van der Waals surface area contributed by atoms with Crippen LogP contribution in [0.15, 0.2) is 5.16 Å². The van der Waals surface area contributed by atoms with Crippen molar-refractivity contribution in [3.8, 4) is 0 Å². The van der Waals surface area contributed by atoms with Crippen LogP contribution in [0.3, 0.4) is 0 Å². The fourth-order valence-electron chi connectivity index (χ4n) is 3.36. The summed E-state index contributed by atoms with van der Waals surface area (Å²) in [5.41, 5.74) is 0.367. The van der Waals surface area contributed by atoms with Crippen LogP contribution < -0.4 is 5.32 Å². The Morgan fingerprint density at radius 1 is 1.34 bits per heavy atom. The van der Waals surface area contributed by atoms with E-state index in [9.17, 15) is 9.59 Å². The lowest BCUT2D eigenvalue weighted by Crippen LogP contribution is -2.56. The van der Waals surface area contributed by atoms with E-state index in [4.69, 9.17) is 14.4 Å². The number of hydroxylamine groups is 2. The Hall–Kier alpha value is -2.03. The lowest BCUT2D eigenvalue weighted by molar-refractivity contribution is -0.139. The van der Waals surface area contributed by atoms with Gasteiger partial charge in [-0.05, 0) is 40.5 Å². The van der Waals surface area contributed by atoms with Crippen molar-refractivity contribution in [2.75, 3.05) is 26.2 Å². The first kappa shape index (κ1) is 23.3. The van der Waals surface area contributed by atoms with Crippen molar-refractivity contribution in [1.82, 2.24) is 15.3 Å². The van der Waals surface area contributed by atoms with E-state index in [0.29, 0.717) is 39.1 Å². The van der Waals surface area contributed by atoms with Gasteiger partial charge >= 0.3 is 12.1 Å². The highest BCUT2D eigenvalue weighted by molar-refractivity contribution is 5.94. The van der Waals surface area contributed by atoms with E-state index in [1.807, 2.05) is 27.7 Å². The van der Waals surface area contributed by atoms with Crippen LogP contribution in [0.5, 0.6) is 0 Å². The molecule has 2 rings (SSSR count). The van der Waals surface area contributed by atoms with Gasteiger partial charge in [-0.1, -0.05) is 18.5 Å². The van der Waals surface area contributed by atoms with Crippen LogP contribution in [0, 0.1) is 0 Å². The van der Waals surface area contributed by atoms with Crippen LogP contribution in [-0.2, 0) is 14.4 Å². The summed E-state index contributed by atoms with van der Waals surface area (Å²) in [6, 6.07) is -0.181. The van der Waals surface area contributed by atoms with Gasteiger partial charge in [0.25, 0.3) is 0 Å². The van der Waals surface area contributed by atoms with E-state index < -0.39 is 11.7 Å². The van der Waals surface area contributed by atoms with Gasteiger partial charge in [0.1, 0.15) is 11.7 Å². The number of urea groups is 1. The summed E-state index contributed by atoms with van der Waals surface area (Å²) < 4.78 is 5.22. The first-order valence-electron chi connectivity index (χ1n) is 10.7. The van der Waals surface area contributed by atoms with Crippen LogP contribution in [-0.4, -0.2) is 71.8 Å². The smallest absolute Gasteiger partial charge is 0.407 e. The second-order valence-corrected chi connectivity index (χ2v) is 8.39. The van der Waals surface area contributed by atoms with Gasteiger partial charge in [0.2, 0.25) is 0 Å². The molecule has 0 aliphatic carbocycles. The molecule has 9 heteroatoms. The second-order valence-electron chi connectivity index (χ2n) is 8.39. The van der Waals surface area contributed by atoms with Gasteiger partial charge in [-0.15, -0.1) is 0 Å². The molecular weight excluding hydrogens is 376 g/mol. The van der Waals surface area contributed by atoms with Crippen molar-refractivity contribution in [3.05, 3.63) is 0 Å². The van der Waals surface area contributed by atoms with E-state index in [-0.39, 0.29) is 18.2 Å². The summed E-state index contributed by atoms with van der Waals surface area (Å²) in [5, 5.41) is 8.45. The highest BCUT2D eigenvalue weighted by atomic mass is 16.7. The van der Waals surface area contributed by atoms with Crippen LogP contribution >= 0.6 is 0 Å². The Labute approximate surface area is 173 Å². The molecule has 2 heterocycles. The minimum absolute atomic E-state index is 0.0673. The molecular formula is C20H36N4O5. The van der Waals surface area contributed by atoms with Gasteiger partial charge in [-0.25, -0.2) is 14.7 Å². The number of nitrogens with zero attached hydrogens (tertiary/aromatic N) is 3. The normalized spacial score (nSPS) is 22.4. The number of amides is 3. The molecule has 2 atom stereocenters. The molecule has 0 spiro atoms. The quantitative estimate of drug-likeness (QED) is 0.587. The van der Waals surface area contributed by atoms with Gasteiger partial charge in [0, 0.05) is 25.9 Å². The number of unbranched alkanes of at least 4 members (excludes halogenated alkanes) is 1. The molecule has 0 radical (unpaired) electrons. The third-order valence-corrected chi connectivity index (χ3v) is 4.80. The maximum absolute atomic E-state index is 12.7. The second kappa shape index (κ2) is 10.7. The average molecular weight is 413 g/mol. The summed E-state index contributed by atoms with van der Waals surface area (Å²) in [7, 11) is 0. The standard InChI is InChI=1S/C20H36N4O5/c1-6-8-13-27-24-12-10-17(23(7-2)19(24)26)16-14-15(29-22-16)9-11-21-18(25)28-20(3,4)5/h15,17H,6-14H2,1-5H3,(H,21,25)/t15?,17-/m0/s1. The summed E-state index contributed by atoms with van der Waals surface area (Å²) in [5.74, 6) is 0. The molecule has 2 aliphatic rings. The fourth-order valence-corrected chi connectivity index (χ4v) is 3.36. The number of alkyl carbamates (subject to hydrolysis) is 1. The Morgan fingerprint density at radius 3 is 2.76 bits per heavy atom. The molecule has 166 valence electrons. The Kier molecular flexibility index (Phi) is 8.55. The molecule has 1 unspecified atom stereocenters. The zero-order valence-electron chi connectivity index (χ0n) is 18.4. The van der Waals surface area contributed by atoms with E-state index >= 15 is 0 Å². The Morgan fingerprint density at radius 2 is 2.10 bits per heavy atom. The topological polar surface area (TPSA) is 92.7 Å². The van der Waals surface area contributed by atoms with Gasteiger partial charge in [0.05, 0.1) is 24.9 Å². The number of hydrogen-bond donors (Lipinski definition) is 1. The highest BCUT2D eigenvalue weighted by Gasteiger charge is 2.38. The summed E-state index contributed by atoms with van der Waals surface area (Å²) in [4.78, 5) is 37.4. The van der Waals surface area contributed by atoms with Crippen molar-refractivity contribution in [3.63, 3.8) is 0 Å². The largest absolute Gasteiger partial charge is 0.444 e. The van der Waals surface area contributed by atoms with Crippen molar-refractivity contribution >= 4 is 17.8 Å². The Balaban J connectivity index is 1.78. The molecule has 0 saturated carbocycles. The minimum atomic E-state index is -0.518. The highest BCUT2D eigenvalue weighted by Crippen LogP contribution is 2.24. The summed E-state index contributed by atoms with van der Waals surface area (Å²) >= 11 is 0. The lowest BCUT2D eigenvalue weighted by Gasteiger charge is -2.39. The predicted molar refractivity (Wildman–Crippen MR) is 110 cm³/mol. The molecule has 0 bridgehead atoms. The number of oxime groups is 1. The Bertz CT molecular complexity index is 590. The third kappa shape index (κ3) is 7.06. The molecule has 0 aromatic rings. The number of ether oxygens (including phenoxy) is 1. The van der Waals surface area contributed by atoms with Crippen molar-refractivity contribution in [2.24, 2.45) is 5.16 Å². The van der Waals surface area contributed by atoms with E-state index in [1.165, 1.54) is 5.06 Å². The zero-order chi connectivity index (χ0) is 21.4. The first-order chi connectivity index (χ1) is 13.7. The van der Waals surface area contributed by atoms with Gasteiger partial charge < -0.3 is 19.8 Å². The van der Waals surface area contributed by atoms with Crippen LogP contribution in [0.1, 0.15) is 66.7 Å². The summed E-state index contributed by atoms with van der Waals surface area (Å²) in [6.07, 6.45) is 3.46. The van der Waals surface area contributed by atoms with Crippen LogP contribution in [0.4, 0.5) is 9.59 Å². The number of rotatable bonds is 9. The van der Waals surface area contributed by atoms with Crippen LogP contribution in [0.25, 0.3) is 0 Å². The number of carbonyl (C=O) groups excluding carboxylic acids is 2.